The molecule has 0 radical (unpaired) electrons. The zero-order chi connectivity index (χ0) is 19.9. The van der Waals surface area contributed by atoms with Crippen molar-refractivity contribution in [2.24, 2.45) is 0 Å². The third-order valence-corrected chi connectivity index (χ3v) is 10.6. The summed E-state index contributed by atoms with van der Waals surface area (Å²) in [4.78, 5) is 0. The van der Waals surface area contributed by atoms with Gasteiger partial charge in [-0.1, -0.05) is 71.9 Å². The molecule has 2 aliphatic heterocycles. The van der Waals surface area contributed by atoms with Crippen molar-refractivity contribution in [3.63, 3.8) is 0 Å². The Morgan fingerprint density at radius 3 is 2.22 bits per heavy atom. The van der Waals surface area contributed by atoms with Gasteiger partial charge in [0.15, 0.2) is 6.29 Å². The van der Waals surface area contributed by atoms with Crippen molar-refractivity contribution in [3.05, 3.63) is 35.9 Å². The van der Waals surface area contributed by atoms with E-state index in [9.17, 15) is 0 Å². The Morgan fingerprint density at radius 1 is 1.04 bits per heavy atom. The molecule has 0 unspecified atom stereocenters. The van der Waals surface area contributed by atoms with Crippen molar-refractivity contribution in [1.29, 1.82) is 0 Å². The van der Waals surface area contributed by atoms with Crippen LogP contribution in [0.25, 0.3) is 0 Å². The van der Waals surface area contributed by atoms with Crippen molar-refractivity contribution < 1.29 is 23.1 Å². The van der Waals surface area contributed by atoms with Crippen LogP contribution in [-0.2, 0) is 29.7 Å². The smallest absolute Gasteiger partial charge is 0.349 e. The molecule has 0 aromatic heterocycles. The van der Waals surface area contributed by atoms with E-state index in [1.165, 1.54) is 0 Å². The average Bonchev–Trinajstić information content (AvgIpc) is 2.95. The maximum atomic E-state index is 6.85. The Hall–Kier alpha value is -0.763. The van der Waals surface area contributed by atoms with Crippen molar-refractivity contribution >= 4 is 8.56 Å². The number of benzene rings is 1. The minimum absolute atomic E-state index is 0.0780. The van der Waals surface area contributed by atoms with E-state index in [2.05, 4.69) is 53.7 Å². The lowest BCUT2D eigenvalue weighted by molar-refractivity contribution is -0.166. The summed E-state index contributed by atoms with van der Waals surface area (Å²) < 4.78 is 31.2. The molecule has 27 heavy (non-hydrogen) atoms. The first-order valence-electron chi connectivity index (χ1n) is 9.74. The van der Waals surface area contributed by atoms with Crippen molar-refractivity contribution in [2.75, 3.05) is 13.7 Å². The topological polar surface area (TPSA) is 46.2 Å². The molecule has 152 valence electrons. The molecule has 0 saturated carbocycles. The van der Waals surface area contributed by atoms with Crippen LogP contribution in [0.15, 0.2) is 30.3 Å². The lowest BCUT2D eigenvalue weighted by Crippen LogP contribution is -2.65. The molecule has 2 fully saturated rings. The Bertz CT molecular complexity index is 608. The molecule has 4 atom stereocenters. The van der Waals surface area contributed by atoms with Crippen LogP contribution in [0.4, 0.5) is 0 Å². The maximum Gasteiger partial charge on any atom is 0.349 e. The fraction of sp³-hybridized carbons (Fsp3) is 0.714. The lowest BCUT2D eigenvalue weighted by atomic mass is 10.1. The molecule has 2 saturated heterocycles. The molecule has 0 aliphatic carbocycles. The van der Waals surface area contributed by atoms with E-state index in [1.54, 1.807) is 7.11 Å². The molecule has 0 N–H and O–H groups in total. The largest absolute Gasteiger partial charge is 0.391 e. The highest BCUT2D eigenvalue weighted by atomic mass is 28.4. The van der Waals surface area contributed by atoms with Crippen LogP contribution in [-0.4, -0.2) is 46.9 Å². The first-order valence-corrected chi connectivity index (χ1v) is 11.6. The third-order valence-electron chi connectivity index (χ3n) is 5.51. The molecule has 1 aromatic rings. The van der Waals surface area contributed by atoms with E-state index in [0.29, 0.717) is 13.2 Å². The summed E-state index contributed by atoms with van der Waals surface area (Å²) in [5, 5.41) is -0.156. The molecule has 2 aliphatic rings. The second kappa shape index (κ2) is 7.58. The molecule has 5 nitrogen and oxygen atoms in total. The number of fused-ring (bicyclic) bond motifs is 1. The van der Waals surface area contributed by atoms with Crippen molar-refractivity contribution in [1.82, 2.24) is 0 Å². The number of hydrogen-bond donors (Lipinski definition) is 0. The van der Waals surface area contributed by atoms with Gasteiger partial charge >= 0.3 is 8.56 Å². The van der Waals surface area contributed by atoms with E-state index in [1.807, 2.05) is 18.2 Å². The highest BCUT2D eigenvalue weighted by Crippen LogP contribution is 2.55. The fourth-order valence-corrected chi connectivity index (χ4v) is 9.40. The van der Waals surface area contributed by atoms with Crippen LogP contribution in [0.2, 0.25) is 10.1 Å². The van der Waals surface area contributed by atoms with E-state index in [-0.39, 0.29) is 28.4 Å². The van der Waals surface area contributed by atoms with Crippen LogP contribution in [0.1, 0.15) is 47.1 Å². The van der Waals surface area contributed by atoms with Crippen LogP contribution in [0.5, 0.6) is 0 Å². The molecule has 3 rings (SSSR count). The maximum absolute atomic E-state index is 6.85. The number of ether oxygens (including phenoxy) is 3. The standard InChI is InChI=1S/C21H34O5Si/c1-20(2,3)27(21(4,5)6)24-14-16-17(26-27)18(19(22-7)25-16)23-13-15-11-9-8-10-12-15/h8-12,16-19H,13-14H2,1-7H3/t16-,17-,18+,19+/m1/s1. The minimum atomic E-state index is -2.58. The van der Waals surface area contributed by atoms with E-state index < -0.39 is 14.9 Å². The predicted octanol–water partition coefficient (Wildman–Crippen LogP) is 4.40. The number of rotatable bonds is 4. The Balaban J connectivity index is 1.84. The van der Waals surface area contributed by atoms with Gasteiger partial charge in [-0.25, -0.2) is 0 Å². The summed E-state index contributed by atoms with van der Waals surface area (Å²) in [6.45, 7) is 14.3. The van der Waals surface area contributed by atoms with Crippen LogP contribution in [0.3, 0.4) is 0 Å². The summed E-state index contributed by atoms with van der Waals surface area (Å²) in [5.74, 6) is 0. The minimum Gasteiger partial charge on any atom is -0.391 e. The second-order valence-corrected chi connectivity index (χ2v) is 14.3. The van der Waals surface area contributed by atoms with Gasteiger partial charge < -0.3 is 23.1 Å². The van der Waals surface area contributed by atoms with Gasteiger partial charge in [0, 0.05) is 17.2 Å². The molecule has 1 aromatic carbocycles. The number of methoxy groups -OCH3 is 1. The Labute approximate surface area is 164 Å². The molecule has 6 heteroatoms. The fourth-order valence-electron chi connectivity index (χ4n) is 4.44. The quantitative estimate of drug-likeness (QED) is 0.708. The summed E-state index contributed by atoms with van der Waals surface area (Å²) in [5.41, 5.74) is 1.12. The van der Waals surface area contributed by atoms with Gasteiger partial charge in [0.05, 0.1) is 13.2 Å². The second-order valence-electron chi connectivity index (χ2n) is 9.55. The van der Waals surface area contributed by atoms with Gasteiger partial charge in [-0.15, -0.1) is 0 Å². The monoisotopic (exact) mass is 394 g/mol. The zero-order valence-corrected chi connectivity index (χ0v) is 18.7. The van der Waals surface area contributed by atoms with Gasteiger partial charge in [-0.05, 0) is 5.56 Å². The van der Waals surface area contributed by atoms with Crippen molar-refractivity contribution in [3.8, 4) is 0 Å². The van der Waals surface area contributed by atoms with Crippen LogP contribution < -0.4 is 0 Å². The molecular weight excluding hydrogens is 360 g/mol. The van der Waals surface area contributed by atoms with Crippen LogP contribution >= 0.6 is 0 Å². The van der Waals surface area contributed by atoms with Crippen molar-refractivity contribution in [2.45, 2.75) is 82.8 Å². The lowest BCUT2D eigenvalue weighted by Gasteiger charge is -2.53. The molecule has 0 amide bonds. The summed E-state index contributed by atoms with van der Waals surface area (Å²) in [7, 11) is -0.927. The van der Waals surface area contributed by atoms with E-state index >= 15 is 0 Å². The molecular formula is C21H34O5Si. The molecule has 0 spiro atoms. The number of hydrogen-bond acceptors (Lipinski definition) is 5. The highest BCUT2D eigenvalue weighted by Gasteiger charge is 2.65. The SMILES string of the molecule is CO[C@H]1O[C@@H]2CO[Si](C(C)(C)C)(C(C)(C)C)O[C@H]2[C@@H]1OCc1ccccc1. The Kier molecular flexibility index (Phi) is 5.88. The van der Waals surface area contributed by atoms with Gasteiger partial charge in [0.25, 0.3) is 0 Å². The average molecular weight is 395 g/mol. The highest BCUT2D eigenvalue weighted by molar-refractivity contribution is 6.73. The van der Waals surface area contributed by atoms with Gasteiger partial charge in [0.1, 0.15) is 18.3 Å². The summed E-state index contributed by atoms with van der Waals surface area (Å²) in [6, 6.07) is 10.2. The summed E-state index contributed by atoms with van der Waals surface area (Å²) in [6.07, 6.45) is -1.07. The first-order chi connectivity index (χ1) is 12.6. The molecule has 0 bridgehead atoms. The van der Waals surface area contributed by atoms with Gasteiger partial charge in [-0.2, -0.15) is 0 Å². The van der Waals surface area contributed by atoms with Crippen LogP contribution in [0, 0.1) is 0 Å². The van der Waals surface area contributed by atoms with E-state index in [4.69, 9.17) is 23.1 Å². The zero-order valence-electron chi connectivity index (χ0n) is 17.7. The first kappa shape index (κ1) is 21.0. The summed E-state index contributed by atoms with van der Waals surface area (Å²) >= 11 is 0. The van der Waals surface area contributed by atoms with E-state index in [0.717, 1.165) is 5.56 Å². The third kappa shape index (κ3) is 3.88. The predicted molar refractivity (Wildman–Crippen MR) is 107 cm³/mol. The molecule has 2 heterocycles. The normalized spacial score (nSPS) is 30.9. The Morgan fingerprint density at radius 2 is 1.67 bits per heavy atom. The van der Waals surface area contributed by atoms with Gasteiger partial charge in [-0.3, -0.25) is 0 Å². The van der Waals surface area contributed by atoms with Gasteiger partial charge in [0.2, 0.25) is 0 Å².